The molecular weight excluding hydrogens is 278 g/mol. The van der Waals surface area contributed by atoms with E-state index in [0.717, 1.165) is 17.3 Å². The summed E-state index contributed by atoms with van der Waals surface area (Å²) < 4.78 is 26.4. The van der Waals surface area contributed by atoms with Crippen LogP contribution in [0.15, 0.2) is 33.6 Å². The summed E-state index contributed by atoms with van der Waals surface area (Å²) in [6.07, 6.45) is 1.95. The minimum absolute atomic E-state index is 0.203. The molecular formula is C10H12BrNO2S. The topological polar surface area (TPSA) is 37.4 Å². The summed E-state index contributed by atoms with van der Waals surface area (Å²) in [5.41, 5.74) is 0. The Morgan fingerprint density at radius 3 is 2.60 bits per heavy atom. The molecule has 15 heavy (non-hydrogen) atoms. The van der Waals surface area contributed by atoms with Gasteiger partial charge in [0.05, 0.1) is 4.90 Å². The molecule has 82 valence electrons. The fraction of sp³-hybridized carbons (Fsp3) is 0.400. The molecule has 0 amide bonds. The van der Waals surface area contributed by atoms with Crippen LogP contribution in [-0.4, -0.2) is 25.8 Å². The summed E-state index contributed by atoms with van der Waals surface area (Å²) in [6, 6.07) is 7.01. The van der Waals surface area contributed by atoms with Gasteiger partial charge in [-0.25, -0.2) is 8.42 Å². The predicted molar refractivity (Wildman–Crippen MR) is 62.1 cm³/mol. The van der Waals surface area contributed by atoms with E-state index < -0.39 is 10.0 Å². The molecule has 0 atom stereocenters. The maximum atomic E-state index is 12.1. The van der Waals surface area contributed by atoms with Gasteiger partial charge in [0.15, 0.2) is 0 Å². The molecule has 1 aliphatic rings. The Balaban J connectivity index is 2.36. The monoisotopic (exact) mass is 289 g/mol. The molecule has 0 aliphatic heterocycles. The van der Waals surface area contributed by atoms with Gasteiger partial charge < -0.3 is 0 Å². The first-order valence-corrected chi connectivity index (χ1v) is 6.99. The first kappa shape index (κ1) is 11.1. The average molecular weight is 290 g/mol. The second-order valence-corrected chi connectivity index (χ2v) is 6.62. The van der Waals surface area contributed by atoms with E-state index in [9.17, 15) is 8.42 Å². The molecule has 0 unspecified atom stereocenters. The quantitative estimate of drug-likeness (QED) is 0.856. The van der Waals surface area contributed by atoms with Crippen molar-refractivity contribution in [2.24, 2.45) is 0 Å². The SMILES string of the molecule is CN(C1CC1)S(=O)(=O)c1cccc(Br)c1. The van der Waals surface area contributed by atoms with Crippen LogP contribution in [0.5, 0.6) is 0 Å². The van der Waals surface area contributed by atoms with Crippen LogP contribution in [0.1, 0.15) is 12.8 Å². The third kappa shape index (κ3) is 2.24. The van der Waals surface area contributed by atoms with E-state index in [0.29, 0.717) is 4.90 Å². The predicted octanol–water partition coefficient (Wildman–Crippen LogP) is 2.23. The highest BCUT2D eigenvalue weighted by molar-refractivity contribution is 9.10. The van der Waals surface area contributed by atoms with E-state index in [2.05, 4.69) is 15.9 Å². The number of nitrogens with zero attached hydrogens (tertiary/aromatic N) is 1. The van der Waals surface area contributed by atoms with Crippen LogP contribution in [0.4, 0.5) is 0 Å². The zero-order valence-corrected chi connectivity index (χ0v) is 10.8. The van der Waals surface area contributed by atoms with Crippen molar-refractivity contribution in [2.45, 2.75) is 23.8 Å². The number of hydrogen-bond donors (Lipinski definition) is 0. The van der Waals surface area contributed by atoms with Crippen LogP contribution >= 0.6 is 15.9 Å². The van der Waals surface area contributed by atoms with Crippen LogP contribution < -0.4 is 0 Å². The fourth-order valence-corrected chi connectivity index (χ4v) is 3.44. The molecule has 1 saturated carbocycles. The van der Waals surface area contributed by atoms with Crippen molar-refractivity contribution in [2.75, 3.05) is 7.05 Å². The minimum Gasteiger partial charge on any atom is -0.207 e. The van der Waals surface area contributed by atoms with Gasteiger partial charge in [-0.2, -0.15) is 4.31 Å². The van der Waals surface area contributed by atoms with Crippen LogP contribution in [0.25, 0.3) is 0 Å². The molecule has 3 nitrogen and oxygen atoms in total. The lowest BCUT2D eigenvalue weighted by Crippen LogP contribution is -2.28. The van der Waals surface area contributed by atoms with Crippen molar-refractivity contribution in [1.82, 2.24) is 4.31 Å². The van der Waals surface area contributed by atoms with Crippen molar-refractivity contribution >= 4 is 26.0 Å². The first-order valence-electron chi connectivity index (χ1n) is 4.75. The van der Waals surface area contributed by atoms with Gasteiger partial charge in [-0.3, -0.25) is 0 Å². The van der Waals surface area contributed by atoms with Crippen molar-refractivity contribution in [1.29, 1.82) is 0 Å². The third-order valence-corrected chi connectivity index (χ3v) is 4.93. The van der Waals surface area contributed by atoms with Gasteiger partial charge in [0.2, 0.25) is 10.0 Å². The van der Waals surface area contributed by atoms with Crippen molar-refractivity contribution in [3.8, 4) is 0 Å². The van der Waals surface area contributed by atoms with E-state index >= 15 is 0 Å². The zero-order chi connectivity index (χ0) is 11.1. The van der Waals surface area contributed by atoms with E-state index in [1.54, 1.807) is 25.2 Å². The molecule has 0 N–H and O–H groups in total. The molecule has 0 bridgehead atoms. The number of rotatable bonds is 3. The average Bonchev–Trinajstić information content (AvgIpc) is 3.00. The summed E-state index contributed by atoms with van der Waals surface area (Å²) in [6.45, 7) is 0. The van der Waals surface area contributed by atoms with Crippen molar-refractivity contribution in [3.05, 3.63) is 28.7 Å². The molecule has 0 radical (unpaired) electrons. The largest absolute Gasteiger partial charge is 0.243 e. The summed E-state index contributed by atoms with van der Waals surface area (Å²) in [5.74, 6) is 0. The Hall–Kier alpha value is -0.390. The van der Waals surface area contributed by atoms with Crippen LogP contribution in [0, 0.1) is 0 Å². The van der Waals surface area contributed by atoms with Gasteiger partial charge in [0.25, 0.3) is 0 Å². The van der Waals surface area contributed by atoms with Gasteiger partial charge in [-0.1, -0.05) is 22.0 Å². The normalized spacial score (nSPS) is 17.0. The second-order valence-electron chi connectivity index (χ2n) is 3.71. The highest BCUT2D eigenvalue weighted by atomic mass is 79.9. The molecule has 2 rings (SSSR count). The standard InChI is InChI=1S/C10H12BrNO2S/c1-12(9-5-6-9)15(13,14)10-4-2-3-8(11)7-10/h2-4,7,9H,5-6H2,1H3. The van der Waals surface area contributed by atoms with Gasteiger partial charge in [-0.05, 0) is 31.0 Å². The number of halogens is 1. The first-order chi connectivity index (χ1) is 7.01. The molecule has 1 aliphatic carbocycles. The van der Waals surface area contributed by atoms with Crippen molar-refractivity contribution < 1.29 is 8.42 Å². The molecule has 0 heterocycles. The Labute approximate surface area is 98.3 Å². The van der Waals surface area contributed by atoms with E-state index in [1.807, 2.05) is 6.07 Å². The fourth-order valence-electron chi connectivity index (χ4n) is 1.43. The van der Waals surface area contributed by atoms with Crippen LogP contribution in [0.3, 0.4) is 0 Å². The highest BCUT2D eigenvalue weighted by Crippen LogP contribution is 2.30. The van der Waals surface area contributed by atoms with Gasteiger partial charge in [0, 0.05) is 17.6 Å². The van der Waals surface area contributed by atoms with Crippen molar-refractivity contribution in [3.63, 3.8) is 0 Å². The lowest BCUT2D eigenvalue weighted by molar-refractivity contribution is 0.464. The summed E-state index contributed by atoms with van der Waals surface area (Å²) in [5, 5.41) is 0. The molecule has 1 fully saturated rings. The lowest BCUT2D eigenvalue weighted by Gasteiger charge is -2.16. The molecule has 0 aromatic heterocycles. The Morgan fingerprint density at radius 2 is 2.07 bits per heavy atom. The summed E-state index contributed by atoms with van der Waals surface area (Å²) >= 11 is 3.27. The van der Waals surface area contributed by atoms with Crippen LogP contribution in [0.2, 0.25) is 0 Å². The van der Waals surface area contributed by atoms with Gasteiger partial charge in [-0.15, -0.1) is 0 Å². The van der Waals surface area contributed by atoms with E-state index in [-0.39, 0.29) is 6.04 Å². The zero-order valence-electron chi connectivity index (χ0n) is 8.35. The van der Waals surface area contributed by atoms with Gasteiger partial charge >= 0.3 is 0 Å². The molecule has 0 spiro atoms. The lowest BCUT2D eigenvalue weighted by atomic mass is 10.4. The van der Waals surface area contributed by atoms with E-state index in [1.165, 1.54) is 4.31 Å². The Morgan fingerprint density at radius 1 is 1.40 bits per heavy atom. The smallest absolute Gasteiger partial charge is 0.207 e. The van der Waals surface area contributed by atoms with E-state index in [4.69, 9.17) is 0 Å². The molecule has 0 saturated heterocycles. The van der Waals surface area contributed by atoms with Crippen LogP contribution in [-0.2, 0) is 10.0 Å². The molecule has 5 heteroatoms. The maximum absolute atomic E-state index is 12.1. The Kier molecular flexibility index (Phi) is 2.87. The second kappa shape index (κ2) is 3.88. The Bertz CT molecular complexity index is 468. The molecule has 1 aromatic carbocycles. The highest BCUT2D eigenvalue weighted by Gasteiger charge is 2.34. The number of hydrogen-bond acceptors (Lipinski definition) is 2. The summed E-state index contributed by atoms with van der Waals surface area (Å²) in [7, 11) is -1.65. The maximum Gasteiger partial charge on any atom is 0.243 e. The number of benzene rings is 1. The van der Waals surface area contributed by atoms with Gasteiger partial charge in [0.1, 0.15) is 0 Å². The number of sulfonamides is 1. The summed E-state index contributed by atoms with van der Waals surface area (Å²) in [4.78, 5) is 0.353. The minimum atomic E-state index is -3.29. The molecule has 1 aromatic rings. The third-order valence-electron chi connectivity index (χ3n) is 2.53.